The van der Waals surface area contributed by atoms with Gasteiger partial charge in [0.05, 0.1) is 31.0 Å². The van der Waals surface area contributed by atoms with E-state index < -0.39 is 0 Å². The molecular weight excluding hydrogens is 260 g/mol. The molecule has 102 valence electrons. The quantitative estimate of drug-likeness (QED) is 0.603. The van der Waals surface area contributed by atoms with Crippen LogP contribution in [-0.2, 0) is 17.7 Å². The van der Waals surface area contributed by atoms with E-state index in [9.17, 15) is 4.79 Å². The fourth-order valence-corrected chi connectivity index (χ4v) is 3.23. The first-order valence-corrected chi connectivity index (χ1v) is 7.69. The Hall–Kier alpha value is -1.20. The van der Waals surface area contributed by atoms with Gasteiger partial charge in [-0.1, -0.05) is 19.8 Å². The number of fused-ring (bicyclic) bond motifs is 1. The summed E-state index contributed by atoms with van der Waals surface area (Å²) in [7, 11) is 0. The largest absolute Gasteiger partial charge is 0.371 e. The molecule has 1 aliphatic rings. The van der Waals surface area contributed by atoms with Crippen LogP contribution in [0.15, 0.2) is 17.2 Å². The first-order valence-electron chi connectivity index (χ1n) is 6.87. The molecule has 1 atom stereocenters. The molecule has 0 N–H and O–H groups in total. The van der Waals surface area contributed by atoms with Crippen molar-refractivity contribution in [3.05, 3.63) is 27.6 Å². The van der Waals surface area contributed by atoms with Gasteiger partial charge in [0.2, 0.25) is 0 Å². The number of nitrogens with zero attached hydrogens (tertiary/aromatic N) is 2. The maximum atomic E-state index is 12.3. The van der Waals surface area contributed by atoms with Gasteiger partial charge < -0.3 is 4.74 Å². The van der Waals surface area contributed by atoms with Gasteiger partial charge >= 0.3 is 0 Å². The van der Waals surface area contributed by atoms with E-state index in [4.69, 9.17) is 4.74 Å². The molecule has 19 heavy (non-hydrogen) atoms. The van der Waals surface area contributed by atoms with Gasteiger partial charge in [-0.25, -0.2) is 4.98 Å². The van der Waals surface area contributed by atoms with Crippen LogP contribution in [0.25, 0.3) is 10.2 Å². The lowest BCUT2D eigenvalue weighted by molar-refractivity contribution is 0.380. The zero-order valence-corrected chi connectivity index (χ0v) is 11.9. The molecule has 0 amide bonds. The molecule has 0 saturated carbocycles. The van der Waals surface area contributed by atoms with Crippen molar-refractivity contribution in [2.75, 3.05) is 6.61 Å². The molecular formula is C14H18N2O2S. The average Bonchev–Trinajstić information content (AvgIpc) is 3.12. The van der Waals surface area contributed by atoms with Crippen LogP contribution in [0.3, 0.4) is 0 Å². The molecule has 0 radical (unpaired) electrons. The highest BCUT2D eigenvalue weighted by Crippen LogP contribution is 2.23. The van der Waals surface area contributed by atoms with E-state index in [0.717, 1.165) is 23.2 Å². The summed E-state index contributed by atoms with van der Waals surface area (Å²) < 4.78 is 6.83. The summed E-state index contributed by atoms with van der Waals surface area (Å²) in [5.74, 6) is 0. The van der Waals surface area contributed by atoms with E-state index in [1.807, 2.05) is 6.07 Å². The standard InChI is InChI=1S/C14H18N2O2S/c1-2-3-4-5-11-6-12-13(19-11)15-9-16(14(12)17)7-10-8-18-10/h6,9-10H,2-5,7-8H2,1H3. The lowest BCUT2D eigenvalue weighted by Crippen LogP contribution is -2.22. The molecule has 1 aliphatic heterocycles. The highest BCUT2D eigenvalue weighted by atomic mass is 32.1. The molecule has 0 aromatic carbocycles. The summed E-state index contributed by atoms with van der Waals surface area (Å²) in [4.78, 5) is 18.8. The van der Waals surface area contributed by atoms with Crippen LogP contribution in [0.4, 0.5) is 0 Å². The lowest BCUT2D eigenvalue weighted by Gasteiger charge is -2.00. The van der Waals surface area contributed by atoms with Crippen molar-refractivity contribution in [1.82, 2.24) is 9.55 Å². The highest BCUT2D eigenvalue weighted by molar-refractivity contribution is 7.18. The van der Waals surface area contributed by atoms with E-state index in [-0.39, 0.29) is 11.7 Å². The SMILES string of the molecule is CCCCCc1cc2c(=O)n(CC3CO3)cnc2s1. The van der Waals surface area contributed by atoms with Crippen molar-refractivity contribution in [3.8, 4) is 0 Å². The third kappa shape index (κ3) is 2.87. The number of hydrogen-bond acceptors (Lipinski definition) is 4. The minimum atomic E-state index is 0.0680. The second-order valence-electron chi connectivity index (χ2n) is 5.05. The van der Waals surface area contributed by atoms with E-state index >= 15 is 0 Å². The van der Waals surface area contributed by atoms with Gasteiger partial charge in [0.15, 0.2) is 0 Å². The topological polar surface area (TPSA) is 47.4 Å². The van der Waals surface area contributed by atoms with Gasteiger partial charge in [-0.05, 0) is 18.9 Å². The van der Waals surface area contributed by atoms with Crippen LogP contribution < -0.4 is 5.56 Å². The molecule has 0 spiro atoms. The monoisotopic (exact) mass is 278 g/mol. The number of epoxide rings is 1. The predicted octanol–water partition coefficient (Wildman–Crippen LogP) is 2.59. The molecule has 1 saturated heterocycles. The number of thiophene rings is 1. The molecule has 0 bridgehead atoms. The zero-order valence-electron chi connectivity index (χ0n) is 11.1. The Bertz CT molecular complexity index is 628. The lowest BCUT2D eigenvalue weighted by atomic mass is 10.2. The van der Waals surface area contributed by atoms with Crippen LogP contribution in [-0.4, -0.2) is 22.3 Å². The first-order chi connectivity index (χ1) is 9.28. The summed E-state index contributed by atoms with van der Waals surface area (Å²) in [6.45, 7) is 3.59. The summed E-state index contributed by atoms with van der Waals surface area (Å²) >= 11 is 1.65. The number of ether oxygens (including phenoxy) is 1. The second-order valence-corrected chi connectivity index (χ2v) is 6.16. The van der Waals surface area contributed by atoms with E-state index in [0.29, 0.717) is 6.54 Å². The maximum absolute atomic E-state index is 12.3. The molecule has 1 unspecified atom stereocenters. The Balaban J connectivity index is 1.84. The van der Waals surface area contributed by atoms with E-state index in [1.165, 1.54) is 24.1 Å². The smallest absolute Gasteiger partial charge is 0.262 e. The molecule has 3 heterocycles. The Morgan fingerprint density at radius 3 is 3.11 bits per heavy atom. The molecule has 3 rings (SSSR count). The van der Waals surface area contributed by atoms with Crippen LogP contribution in [0.1, 0.15) is 31.1 Å². The fourth-order valence-electron chi connectivity index (χ4n) is 2.21. The molecule has 4 nitrogen and oxygen atoms in total. The minimum absolute atomic E-state index is 0.0680. The molecule has 2 aromatic heterocycles. The number of aryl methyl sites for hydroxylation is 1. The number of unbranched alkanes of at least 4 members (excludes halogenated alkanes) is 2. The van der Waals surface area contributed by atoms with E-state index in [1.54, 1.807) is 22.2 Å². The molecule has 2 aromatic rings. The van der Waals surface area contributed by atoms with Gasteiger partial charge in [0.1, 0.15) is 4.83 Å². The van der Waals surface area contributed by atoms with Crippen molar-refractivity contribution in [2.45, 2.75) is 45.3 Å². The Labute approximate surface area is 116 Å². The summed E-state index contributed by atoms with van der Waals surface area (Å²) in [5.41, 5.74) is 0.0680. The minimum Gasteiger partial charge on any atom is -0.371 e. The van der Waals surface area contributed by atoms with Gasteiger partial charge in [0, 0.05) is 4.88 Å². The van der Waals surface area contributed by atoms with Crippen molar-refractivity contribution in [2.24, 2.45) is 0 Å². The van der Waals surface area contributed by atoms with Crippen molar-refractivity contribution >= 4 is 21.6 Å². The molecule has 5 heteroatoms. The third-order valence-corrected chi connectivity index (χ3v) is 4.50. The Morgan fingerprint density at radius 1 is 1.53 bits per heavy atom. The maximum Gasteiger partial charge on any atom is 0.262 e. The van der Waals surface area contributed by atoms with Crippen LogP contribution in [0.2, 0.25) is 0 Å². The number of rotatable bonds is 6. The average molecular weight is 278 g/mol. The zero-order chi connectivity index (χ0) is 13.2. The second kappa shape index (κ2) is 5.43. The van der Waals surface area contributed by atoms with Crippen molar-refractivity contribution < 1.29 is 4.74 Å². The Morgan fingerprint density at radius 2 is 2.37 bits per heavy atom. The number of aromatic nitrogens is 2. The fraction of sp³-hybridized carbons (Fsp3) is 0.571. The van der Waals surface area contributed by atoms with Crippen LogP contribution in [0, 0.1) is 0 Å². The predicted molar refractivity (Wildman–Crippen MR) is 76.8 cm³/mol. The van der Waals surface area contributed by atoms with Crippen molar-refractivity contribution in [3.63, 3.8) is 0 Å². The third-order valence-electron chi connectivity index (χ3n) is 3.40. The van der Waals surface area contributed by atoms with Gasteiger partial charge in [-0.2, -0.15) is 0 Å². The van der Waals surface area contributed by atoms with Crippen LogP contribution in [0.5, 0.6) is 0 Å². The summed E-state index contributed by atoms with van der Waals surface area (Å²) in [5, 5.41) is 0.764. The number of hydrogen-bond donors (Lipinski definition) is 0. The van der Waals surface area contributed by atoms with Gasteiger partial charge in [-0.15, -0.1) is 11.3 Å². The highest BCUT2D eigenvalue weighted by Gasteiger charge is 2.23. The van der Waals surface area contributed by atoms with Gasteiger partial charge in [-0.3, -0.25) is 9.36 Å². The van der Waals surface area contributed by atoms with Crippen molar-refractivity contribution in [1.29, 1.82) is 0 Å². The summed E-state index contributed by atoms with van der Waals surface area (Å²) in [6.07, 6.45) is 6.56. The Kier molecular flexibility index (Phi) is 3.66. The summed E-state index contributed by atoms with van der Waals surface area (Å²) in [6, 6.07) is 2.02. The van der Waals surface area contributed by atoms with Crippen LogP contribution >= 0.6 is 11.3 Å². The molecule has 0 aliphatic carbocycles. The van der Waals surface area contributed by atoms with E-state index in [2.05, 4.69) is 11.9 Å². The normalized spacial score (nSPS) is 18.1. The van der Waals surface area contributed by atoms with Gasteiger partial charge in [0.25, 0.3) is 5.56 Å². The first kappa shape index (κ1) is 12.8. The molecule has 1 fully saturated rings.